The molecule has 0 atom stereocenters. The molecule has 0 spiro atoms. The maximum atomic E-state index is 13.9. The number of rotatable bonds is 7. The molecule has 1 heterocycles. The van der Waals surface area contributed by atoms with Crippen LogP contribution in [0, 0.1) is 17.6 Å². The molecule has 0 aliphatic carbocycles. The fourth-order valence-corrected chi connectivity index (χ4v) is 3.00. The van der Waals surface area contributed by atoms with Crippen molar-refractivity contribution in [2.24, 2.45) is 5.92 Å². The zero-order chi connectivity index (χ0) is 20.8. The van der Waals surface area contributed by atoms with Crippen molar-refractivity contribution in [3.8, 4) is 5.75 Å². The molecule has 1 aromatic heterocycles. The van der Waals surface area contributed by atoms with Crippen LogP contribution in [-0.4, -0.2) is 17.5 Å². The van der Waals surface area contributed by atoms with Crippen LogP contribution in [0.5, 0.6) is 5.75 Å². The maximum absolute atomic E-state index is 13.9. The monoisotopic (exact) mass is 414 g/mol. The fourth-order valence-electron chi connectivity index (χ4n) is 2.48. The molecular formula is C22H20F2N2O2S. The number of amides is 1. The van der Waals surface area contributed by atoms with Gasteiger partial charge >= 0.3 is 0 Å². The fraction of sp³-hybridized carbons (Fsp3) is 0.182. The van der Waals surface area contributed by atoms with Crippen molar-refractivity contribution < 1.29 is 18.3 Å². The molecule has 3 rings (SSSR count). The highest BCUT2D eigenvalue weighted by Crippen LogP contribution is 2.22. The minimum Gasteiger partial charge on any atom is -0.493 e. The van der Waals surface area contributed by atoms with E-state index in [9.17, 15) is 13.6 Å². The third-order valence-corrected chi connectivity index (χ3v) is 4.53. The summed E-state index contributed by atoms with van der Waals surface area (Å²) in [4.78, 5) is 16.6. The van der Waals surface area contributed by atoms with Crippen molar-refractivity contribution in [2.75, 3.05) is 11.9 Å². The van der Waals surface area contributed by atoms with E-state index in [1.54, 1.807) is 35.9 Å². The number of nitrogens with one attached hydrogen (secondary N) is 1. The summed E-state index contributed by atoms with van der Waals surface area (Å²) in [6, 6.07) is 8.29. The minimum absolute atomic E-state index is 0.118. The molecule has 29 heavy (non-hydrogen) atoms. The van der Waals surface area contributed by atoms with Crippen molar-refractivity contribution in [3.63, 3.8) is 0 Å². The number of benzene rings is 2. The summed E-state index contributed by atoms with van der Waals surface area (Å²) in [7, 11) is 0. The van der Waals surface area contributed by atoms with E-state index >= 15 is 0 Å². The Morgan fingerprint density at radius 2 is 2.03 bits per heavy atom. The van der Waals surface area contributed by atoms with Crippen molar-refractivity contribution >= 4 is 34.5 Å². The highest BCUT2D eigenvalue weighted by Gasteiger charge is 2.11. The number of anilines is 1. The second-order valence-corrected chi connectivity index (χ2v) is 7.68. The Morgan fingerprint density at radius 1 is 1.21 bits per heavy atom. The van der Waals surface area contributed by atoms with Crippen LogP contribution in [0.4, 0.5) is 13.9 Å². The van der Waals surface area contributed by atoms with Crippen LogP contribution in [0.25, 0.3) is 12.2 Å². The van der Waals surface area contributed by atoms with Gasteiger partial charge in [-0.3, -0.25) is 10.1 Å². The summed E-state index contributed by atoms with van der Waals surface area (Å²) in [5.41, 5.74) is 1.12. The topological polar surface area (TPSA) is 51.2 Å². The van der Waals surface area contributed by atoms with E-state index in [-0.39, 0.29) is 11.5 Å². The van der Waals surface area contributed by atoms with Crippen LogP contribution < -0.4 is 10.1 Å². The van der Waals surface area contributed by atoms with E-state index < -0.39 is 11.6 Å². The molecule has 2 aromatic carbocycles. The average molecular weight is 414 g/mol. The van der Waals surface area contributed by atoms with Gasteiger partial charge in [-0.25, -0.2) is 13.8 Å². The zero-order valence-electron chi connectivity index (χ0n) is 16.0. The minimum atomic E-state index is -0.531. The van der Waals surface area contributed by atoms with Crippen LogP contribution in [0.15, 0.2) is 48.0 Å². The van der Waals surface area contributed by atoms with Crippen molar-refractivity contribution in [1.82, 2.24) is 4.98 Å². The molecule has 1 N–H and O–H groups in total. The molecule has 0 bridgehead atoms. The quantitative estimate of drug-likeness (QED) is 0.491. The van der Waals surface area contributed by atoms with E-state index in [4.69, 9.17) is 4.74 Å². The lowest BCUT2D eigenvalue weighted by Crippen LogP contribution is -2.12. The van der Waals surface area contributed by atoms with Gasteiger partial charge in [-0.05, 0) is 47.9 Å². The van der Waals surface area contributed by atoms with Gasteiger partial charge in [-0.2, -0.15) is 0 Å². The Morgan fingerprint density at radius 3 is 2.76 bits per heavy atom. The van der Waals surface area contributed by atoms with Crippen molar-refractivity contribution in [1.29, 1.82) is 0 Å². The molecule has 1 amide bonds. The molecule has 0 radical (unpaired) electrons. The van der Waals surface area contributed by atoms with Crippen LogP contribution in [0.3, 0.4) is 0 Å². The Balaban J connectivity index is 1.90. The Hall–Kier alpha value is -3.06. The molecular weight excluding hydrogens is 394 g/mol. The van der Waals surface area contributed by atoms with E-state index in [2.05, 4.69) is 10.3 Å². The second kappa shape index (κ2) is 9.43. The van der Waals surface area contributed by atoms with E-state index in [0.717, 1.165) is 18.2 Å². The lowest BCUT2D eigenvalue weighted by Gasteiger charge is -2.11. The third kappa shape index (κ3) is 5.96. The Kier molecular flexibility index (Phi) is 6.72. The molecule has 0 aliphatic rings. The summed E-state index contributed by atoms with van der Waals surface area (Å²) in [5, 5.41) is 4.98. The number of hydrogen-bond acceptors (Lipinski definition) is 4. The number of hydrogen-bond donors (Lipinski definition) is 1. The molecule has 0 aliphatic heterocycles. The first-order valence-electron chi connectivity index (χ1n) is 9.02. The summed E-state index contributed by atoms with van der Waals surface area (Å²) >= 11 is 1.31. The maximum Gasteiger partial charge on any atom is 0.257 e. The second-order valence-electron chi connectivity index (χ2n) is 6.79. The lowest BCUT2D eigenvalue weighted by atomic mass is 10.1. The van der Waals surface area contributed by atoms with Gasteiger partial charge in [0, 0.05) is 22.7 Å². The van der Waals surface area contributed by atoms with Crippen LogP contribution >= 0.6 is 11.3 Å². The predicted octanol–water partition coefficient (Wildman–Crippen LogP) is 5.88. The Labute approximate surface area is 171 Å². The van der Waals surface area contributed by atoms with Gasteiger partial charge in [0.1, 0.15) is 17.4 Å². The number of carbonyl (C=O) groups is 1. The third-order valence-electron chi connectivity index (χ3n) is 3.84. The zero-order valence-corrected chi connectivity index (χ0v) is 16.8. The highest BCUT2D eigenvalue weighted by molar-refractivity contribution is 7.13. The number of aromatic nitrogens is 1. The number of carbonyl (C=O) groups excluding carboxylic acids is 1. The highest BCUT2D eigenvalue weighted by atomic mass is 32.1. The molecule has 0 saturated heterocycles. The van der Waals surface area contributed by atoms with Gasteiger partial charge in [0.15, 0.2) is 5.13 Å². The summed E-state index contributed by atoms with van der Waals surface area (Å²) < 4.78 is 33.0. The first-order chi connectivity index (χ1) is 13.9. The van der Waals surface area contributed by atoms with Crippen molar-refractivity contribution in [2.45, 2.75) is 13.8 Å². The largest absolute Gasteiger partial charge is 0.493 e. The van der Waals surface area contributed by atoms with Gasteiger partial charge in [-0.15, -0.1) is 11.3 Å². The number of thiazole rings is 1. The summed E-state index contributed by atoms with van der Waals surface area (Å²) in [5.74, 6) is -0.560. The molecule has 0 fully saturated rings. The molecule has 4 nitrogen and oxygen atoms in total. The van der Waals surface area contributed by atoms with Crippen LogP contribution in [-0.2, 0) is 0 Å². The molecule has 3 aromatic rings. The lowest BCUT2D eigenvalue weighted by molar-refractivity contribution is 0.102. The van der Waals surface area contributed by atoms with Gasteiger partial charge in [-0.1, -0.05) is 26.0 Å². The average Bonchev–Trinajstić information content (AvgIpc) is 3.20. The smallest absolute Gasteiger partial charge is 0.257 e. The SMILES string of the molecule is CC(C)COc1cc(/C=C/c2cc(F)ccc2F)cc(C(=O)Nc2nccs2)c1. The summed E-state index contributed by atoms with van der Waals surface area (Å²) in [6.45, 7) is 4.53. The van der Waals surface area contributed by atoms with E-state index in [0.29, 0.717) is 34.5 Å². The molecule has 7 heteroatoms. The standard InChI is InChI=1S/C22H20F2N2O2S/c1-14(2)13-28-19-10-15(3-4-16-11-18(23)5-6-20(16)24)9-17(12-19)21(27)26-22-25-7-8-29-22/h3-12,14H,13H2,1-2H3,(H,25,26,27)/b4-3+. The predicted molar refractivity (Wildman–Crippen MR) is 112 cm³/mol. The Bertz CT molecular complexity index is 1020. The van der Waals surface area contributed by atoms with Gasteiger partial charge in [0.25, 0.3) is 5.91 Å². The molecule has 0 unspecified atom stereocenters. The van der Waals surface area contributed by atoms with Gasteiger partial charge in [0.2, 0.25) is 0 Å². The molecule has 0 saturated carbocycles. The number of nitrogens with zero attached hydrogens (tertiary/aromatic N) is 1. The number of ether oxygens (including phenoxy) is 1. The van der Waals surface area contributed by atoms with E-state index in [1.165, 1.54) is 17.4 Å². The normalized spacial score (nSPS) is 11.2. The van der Waals surface area contributed by atoms with Crippen LogP contribution in [0.1, 0.15) is 35.3 Å². The summed E-state index contributed by atoms with van der Waals surface area (Å²) in [6.07, 6.45) is 4.67. The van der Waals surface area contributed by atoms with Gasteiger partial charge in [0.05, 0.1) is 6.61 Å². The van der Waals surface area contributed by atoms with E-state index in [1.807, 2.05) is 13.8 Å². The van der Waals surface area contributed by atoms with Gasteiger partial charge < -0.3 is 4.74 Å². The van der Waals surface area contributed by atoms with Crippen molar-refractivity contribution in [3.05, 3.63) is 76.3 Å². The molecule has 150 valence electrons. The first-order valence-corrected chi connectivity index (χ1v) is 9.90. The first kappa shape index (κ1) is 20.7. The number of halogens is 2. The van der Waals surface area contributed by atoms with Crippen LogP contribution in [0.2, 0.25) is 0 Å².